The Morgan fingerprint density at radius 3 is 2.69 bits per heavy atom. The lowest BCUT2D eigenvalue weighted by Crippen LogP contribution is -2.53. The van der Waals surface area contributed by atoms with E-state index in [-0.39, 0.29) is 0 Å². The summed E-state index contributed by atoms with van der Waals surface area (Å²) in [5, 5.41) is 7.22. The van der Waals surface area contributed by atoms with E-state index in [0.717, 1.165) is 38.2 Å². The van der Waals surface area contributed by atoms with Gasteiger partial charge >= 0.3 is 0 Å². The molecule has 4 rings (SSSR count). The first-order valence-electron chi connectivity index (χ1n) is 11.5. The van der Waals surface area contributed by atoms with E-state index in [0.29, 0.717) is 6.04 Å². The van der Waals surface area contributed by atoms with E-state index in [2.05, 4.69) is 61.8 Å². The fraction of sp³-hybridized carbons (Fsp3) is 0.625. The Balaban J connectivity index is 1.27. The molecule has 3 aliphatic rings. The van der Waals surface area contributed by atoms with Crippen LogP contribution in [-0.4, -0.2) is 56.2 Å². The third-order valence-electron chi connectivity index (χ3n) is 6.66. The standard InChI is InChI=1S/C24H37N5/c1-25-24(26-18-20-9-7-13-23(17-20)28-14-5-6-15-28)27-21-10-8-16-29(19-21)22-11-3-2-4-12-22/h5-7,9,13,17,21-22H,2-4,8,10-12,14-16,18-19H2,1H3,(H2,25,26,27). The van der Waals surface area contributed by atoms with Crippen molar-refractivity contribution >= 4 is 11.6 Å². The molecule has 158 valence electrons. The number of guanidine groups is 1. The summed E-state index contributed by atoms with van der Waals surface area (Å²) in [6.07, 6.45) is 14.0. The highest BCUT2D eigenvalue weighted by Gasteiger charge is 2.27. The number of likely N-dealkylation sites (tertiary alicyclic amines) is 1. The fourth-order valence-corrected chi connectivity index (χ4v) is 5.03. The molecule has 0 bridgehead atoms. The van der Waals surface area contributed by atoms with Gasteiger partial charge in [0.2, 0.25) is 0 Å². The van der Waals surface area contributed by atoms with Crippen molar-refractivity contribution < 1.29 is 0 Å². The molecule has 1 aromatic rings. The Labute approximate surface area is 176 Å². The zero-order chi connectivity index (χ0) is 19.9. The van der Waals surface area contributed by atoms with Crippen LogP contribution in [0.1, 0.15) is 50.5 Å². The maximum Gasteiger partial charge on any atom is 0.191 e. The molecule has 2 fully saturated rings. The van der Waals surface area contributed by atoms with Crippen LogP contribution in [0.2, 0.25) is 0 Å². The van der Waals surface area contributed by atoms with Crippen LogP contribution < -0.4 is 15.5 Å². The summed E-state index contributed by atoms with van der Waals surface area (Å²) in [4.78, 5) is 9.61. The summed E-state index contributed by atoms with van der Waals surface area (Å²) in [5.74, 6) is 0.925. The van der Waals surface area contributed by atoms with Crippen molar-refractivity contribution in [3.63, 3.8) is 0 Å². The van der Waals surface area contributed by atoms with Crippen molar-refractivity contribution in [2.24, 2.45) is 4.99 Å². The highest BCUT2D eigenvalue weighted by molar-refractivity contribution is 5.80. The minimum atomic E-state index is 0.499. The monoisotopic (exact) mass is 395 g/mol. The second kappa shape index (κ2) is 10.1. The first-order valence-corrected chi connectivity index (χ1v) is 11.5. The maximum atomic E-state index is 4.49. The van der Waals surface area contributed by atoms with Gasteiger partial charge in [0.15, 0.2) is 5.96 Å². The van der Waals surface area contributed by atoms with Gasteiger partial charge in [0.05, 0.1) is 0 Å². The van der Waals surface area contributed by atoms with Crippen LogP contribution in [0, 0.1) is 0 Å². The van der Waals surface area contributed by atoms with E-state index < -0.39 is 0 Å². The molecule has 1 saturated heterocycles. The smallest absolute Gasteiger partial charge is 0.191 e. The number of benzene rings is 1. The minimum absolute atomic E-state index is 0.499. The van der Waals surface area contributed by atoms with Crippen LogP contribution in [0.25, 0.3) is 0 Å². The molecule has 0 aromatic heterocycles. The summed E-state index contributed by atoms with van der Waals surface area (Å²) in [6, 6.07) is 10.2. The van der Waals surface area contributed by atoms with E-state index >= 15 is 0 Å². The summed E-state index contributed by atoms with van der Waals surface area (Å²) in [5.41, 5.74) is 2.59. The van der Waals surface area contributed by atoms with Gasteiger partial charge in [0, 0.05) is 51.0 Å². The summed E-state index contributed by atoms with van der Waals surface area (Å²) >= 11 is 0. The first-order chi connectivity index (χ1) is 14.3. The van der Waals surface area contributed by atoms with Crippen LogP contribution in [0.3, 0.4) is 0 Å². The van der Waals surface area contributed by atoms with Gasteiger partial charge in [-0.05, 0) is 49.9 Å². The number of hydrogen-bond donors (Lipinski definition) is 2. The average molecular weight is 396 g/mol. The largest absolute Gasteiger partial charge is 0.364 e. The number of anilines is 1. The quantitative estimate of drug-likeness (QED) is 0.455. The molecule has 1 saturated carbocycles. The second-order valence-corrected chi connectivity index (χ2v) is 8.74. The summed E-state index contributed by atoms with van der Waals surface area (Å²) < 4.78 is 0. The number of piperidine rings is 1. The number of nitrogens with zero attached hydrogens (tertiary/aromatic N) is 3. The van der Waals surface area contributed by atoms with Gasteiger partial charge < -0.3 is 15.5 Å². The molecule has 2 heterocycles. The van der Waals surface area contributed by atoms with Crippen LogP contribution in [0.5, 0.6) is 0 Å². The second-order valence-electron chi connectivity index (χ2n) is 8.74. The first kappa shape index (κ1) is 20.3. The number of nitrogens with one attached hydrogen (secondary N) is 2. The van der Waals surface area contributed by atoms with Gasteiger partial charge in [-0.1, -0.05) is 43.5 Å². The van der Waals surface area contributed by atoms with Crippen molar-refractivity contribution in [3.8, 4) is 0 Å². The molecule has 0 amide bonds. The number of aliphatic imine (C=N–C) groups is 1. The molecule has 2 N–H and O–H groups in total. The SMILES string of the molecule is CN=C(NCc1cccc(N2CC=CC2)c1)NC1CCCN(C2CCCCC2)C1. The van der Waals surface area contributed by atoms with E-state index in [1.54, 1.807) is 0 Å². The molecule has 1 aromatic carbocycles. The minimum Gasteiger partial charge on any atom is -0.364 e. The molecular weight excluding hydrogens is 358 g/mol. The fourth-order valence-electron chi connectivity index (χ4n) is 5.03. The van der Waals surface area contributed by atoms with Gasteiger partial charge in [-0.2, -0.15) is 0 Å². The Morgan fingerprint density at radius 1 is 1.07 bits per heavy atom. The van der Waals surface area contributed by atoms with Gasteiger partial charge in [-0.15, -0.1) is 0 Å². The third-order valence-corrected chi connectivity index (χ3v) is 6.66. The topological polar surface area (TPSA) is 42.9 Å². The van der Waals surface area contributed by atoms with Crippen LogP contribution in [0.4, 0.5) is 5.69 Å². The van der Waals surface area contributed by atoms with Crippen LogP contribution >= 0.6 is 0 Å². The Bertz CT molecular complexity index is 699. The number of rotatable bonds is 5. The molecule has 5 heteroatoms. The van der Waals surface area contributed by atoms with E-state index in [4.69, 9.17) is 0 Å². The normalized spacial score (nSPS) is 24.1. The Kier molecular flexibility index (Phi) is 7.09. The van der Waals surface area contributed by atoms with Gasteiger partial charge in [0.25, 0.3) is 0 Å². The summed E-state index contributed by atoms with van der Waals surface area (Å²) in [6.45, 7) is 5.25. The van der Waals surface area contributed by atoms with Gasteiger partial charge in [0.1, 0.15) is 0 Å². The molecule has 0 spiro atoms. The van der Waals surface area contributed by atoms with Crippen molar-refractivity contribution in [3.05, 3.63) is 42.0 Å². The zero-order valence-corrected chi connectivity index (χ0v) is 17.9. The van der Waals surface area contributed by atoms with Crippen molar-refractivity contribution in [1.29, 1.82) is 0 Å². The zero-order valence-electron chi connectivity index (χ0n) is 17.9. The third kappa shape index (κ3) is 5.53. The number of hydrogen-bond acceptors (Lipinski definition) is 3. The van der Waals surface area contributed by atoms with Crippen molar-refractivity contribution in [2.75, 3.05) is 38.1 Å². The lowest BCUT2D eigenvalue weighted by Gasteiger charge is -2.40. The van der Waals surface area contributed by atoms with E-state index in [1.807, 2.05) is 7.05 Å². The van der Waals surface area contributed by atoms with E-state index in [1.165, 1.54) is 62.7 Å². The van der Waals surface area contributed by atoms with Crippen molar-refractivity contribution in [2.45, 2.75) is 63.6 Å². The highest BCUT2D eigenvalue weighted by Crippen LogP contribution is 2.25. The van der Waals surface area contributed by atoms with Gasteiger partial charge in [-0.25, -0.2) is 0 Å². The molecule has 1 unspecified atom stereocenters. The molecule has 29 heavy (non-hydrogen) atoms. The van der Waals surface area contributed by atoms with Crippen molar-refractivity contribution in [1.82, 2.24) is 15.5 Å². The molecule has 2 aliphatic heterocycles. The van der Waals surface area contributed by atoms with Gasteiger partial charge in [-0.3, -0.25) is 9.89 Å². The predicted molar refractivity (Wildman–Crippen MR) is 123 cm³/mol. The summed E-state index contributed by atoms with van der Waals surface area (Å²) in [7, 11) is 1.88. The molecular formula is C24H37N5. The molecule has 5 nitrogen and oxygen atoms in total. The Morgan fingerprint density at radius 2 is 1.90 bits per heavy atom. The average Bonchev–Trinajstić information content (AvgIpc) is 3.33. The maximum absolute atomic E-state index is 4.49. The molecule has 0 radical (unpaired) electrons. The molecule has 1 aliphatic carbocycles. The lowest BCUT2D eigenvalue weighted by molar-refractivity contribution is 0.115. The van der Waals surface area contributed by atoms with Crippen LogP contribution in [0.15, 0.2) is 41.4 Å². The van der Waals surface area contributed by atoms with Crippen LogP contribution in [-0.2, 0) is 6.54 Å². The predicted octanol–water partition coefficient (Wildman–Crippen LogP) is 3.52. The highest BCUT2D eigenvalue weighted by atomic mass is 15.2. The molecule has 1 atom stereocenters. The lowest BCUT2D eigenvalue weighted by atomic mass is 9.92. The van der Waals surface area contributed by atoms with E-state index in [9.17, 15) is 0 Å². The Hall–Kier alpha value is -2.01.